The maximum atomic E-state index is 11.7. The molecule has 0 radical (unpaired) electrons. The first-order valence-electron chi connectivity index (χ1n) is 4.43. The molecule has 0 aliphatic rings. The van der Waals surface area contributed by atoms with Crippen molar-refractivity contribution in [3.05, 3.63) is 0 Å². The van der Waals surface area contributed by atoms with E-state index in [1.807, 2.05) is 20.8 Å². The van der Waals surface area contributed by atoms with Crippen molar-refractivity contribution in [2.75, 3.05) is 0 Å². The van der Waals surface area contributed by atoms with Gasteiger partial charge in [0.25, 0.3) is 0 Å². The summed E-state index contributed by atoms with van der Waals surface area (Å²) in [5.74, 6) is 0.872. The SMILES string of the molecule is CC(C)CC(Br)C(=O)C(C)(C)C. The molecule has 0 amide bonds. The monoisotopic (exact) mass is 234 g/mol. The van der Waals surface area contributed by atoms with Crippen molar-refractivity contribution >= 4 is 21.7 Å². The van der Waals surface area contributed by atoms with Gasteiger partial charge in [0.1, 0.15) is 0 Å². The summed E-state index contributed by atoms with van der Waals surface area (Å²) in [6, 6.07) is 0. The number of rotatable bonds is 3. The van der Waals surface area contributed by atoms with Gasteiger partial charge in [0.05, 0.1) is 4.83 Å². The second-order valence-electron chi connectivity index (χ2n) is 4.71. The lowest BCUT2D eigenvalue weighted by Crippen LogP contribution is -2.29. The smallest absolute Gasteiger partial charge is 0.151 e. The minimum Gasteiger partial charge on any atom is -0.298 e. The highest BCUT2D eigenvalue weighted by Crippen LogP contribution is 2.24. The van der Waals surface area contributed by atoms with E-state index in [-0.39, 0.29) is 10.2 Å². The molecule has 2 heteroatoms. The average Bonchev–Trinajstić information content (AvgIpc) is 1.82. The van der Waals surface area contributed by atoms with Crippen LogP contribution in [0.15, 0.2) is 0 Å². The van der Waals surface area contributed by atoms with Crippen LogP contribution in [0.2, 0.25) is 0 Å². The molecule has 0 saturated carbocycles. The Morgan fingerprint density at radius 3 is 2.00 bits per heavy atom. The highest BCUT2D eigenvalue weighted by atomic mass is 79.9. The molecule has 1 unspecified atom stereocenters. The van der Waals surface area contributed by atoms with Crippen LogP contribution in [-0.4, -0.2) is 10.6 Å². The number of ketones is 1. The van der Waals surface area contributed by atoms with E-state index in [9.17, 15) is 4.79 Å². The lowest BCUT2D eigenvalue weighted by molar-refractivity contribution is -0.125. The Bertz CT molecular complexity index is 156. The highest BCUT2D eigenvalue weighted by Gasteiger charge is 2.27. The summed E-state index contributed by atoms with van der Waals surface area (Å²) in [5, 5.41) is 0. The van der Waals surface area contributed by atoms with Crippen LogP contribution < -0.4 is 0 Å². The van der Waals surface area contributed by atoms with Crippen LogP contribution in [0.1, 0.15) is 41.0 Å². The van der Waals surface area contributed by atoms with Crippen molar-refractivity contribution in [1.82, 2.24) is 0 Å². The Hall–Kier alpha value is 0.150. The molecule has 0 aliphatic heterocycles. The first kappa shape index (κ1) is 12.2. The van der Waals surface area contributed by atoms with Gasteiger partial charge in [0.2, 0.25) is 0 Å². The molecule has 1 atom stereocenters. The predicted octanol–water partition coefficient (Wildman–Crippen LogP) is 3.41. The molecular formula is C10H19BrO. The second kappa shape index (κ2) is 4.40. The third kappa shape index (κ3) is 4.24. The average molecular weight is 235 g/mol. The van der Waals surface area contributed by atoms with Gasteiger partial charge in [-0.3, -0.25) is 4.79 Å². The molecule has 0 spiro atoms. The molecule has 0 aliphatic carbocycles. The van der Waals surface area contributed by atoms with Crippen molar-refractivity contribution in [2.45, 2.75) is 45.9 Å². The fraction of sp³-hybridized carbons (Fsp3) is 0.900. The Morgan fingerprint density at radius 2 is 1.75 bits per heavy atom. The topological polar surface area (TPSA) is 17.1 Å². The van der Waals surface area contributed by atoms with E-state index < -0.39 is 0 Å². The van der Waals surface area contributed by atoms with Gasteiger partial charge in [0, 0.05) is 5.41 Å². The van der Waals surface area contributed by atoms with Crippen molar-refractivity contribution in [2.24, 2.45) is 11.3 Å². The van der Waals surface area contributed by atoms with Gasteiger partial charge in [-0.15, -0.1) is 0 Å². The summed E-state index contributed by atoms with van der Waals surface area (Å²) in [7, 11) is 0. The first-order valence-corrected chi connectivity index (χ1v) is 5.35. The number of alkyl halides is 1. The van der Waals surface area contributed by atoms with Crippen LogP contribution in [0.3, 0.4) is 0 Å². The number of Topliss-reactive ketones (excluding diaryl/α,β-unsaturated/α-hetero) is 1. The number of halogens is 1. The Kier molecular flexibility index (Phi) is 4.46. The molecular weight excluding hydrogens is 216 g/mol. The molecule has 0 N–H and O–H groups in total. The molecule has 0 saturated heterocycles. The molecule has 1 nitrogen and oxygen atoms in total. The minimum atomic E-state index is -0.219. The zero-order valence-corrected chi connectivity index (χ0v) is 10.2. The van der Waals surface area contributed by atoms with E-state index in [1.165, 1.54) is 0 Å². The van der Waals surface area contributed by atoms with Gasteiger partial charge < -0.3 is 0 Å². The Labute approximate surface area is 84.1 Å². The number of hydrogen-bond acceptors (Lipinski definition) is 1. The molecule has 0 fully saturated rings. The Balaban J connectivity index is 4.12. The largest absolute Gasteiger partial charge is 0.298 e. The van der Waals surface area contributed by atoms with Crippen molar-refractivity contribution < 1.29 is 4.79 Å². The van der Waals surface area contributed by atoms with Gasteiger partial charge in [-0.1, -0.05) is 50.5 Å². The zero-order valence-electron chi connectivity index (χ0n) is 8.65. The normalized spacial score (nSPS) is 14.9. The van der Waals surface area contributed by atoms with Crippen LogP contribution in [0.4, 0.5) is 0 Å². The van der Waals surface area contributed by atoms with E-state index >= 15 is 0 Å². The molecule has 0 rings (SSSR count). The molecule has 12 heavy (non-hydrogen) atoms. The summed E-state index contributed by atoms with van der Waals surface area (Å²) in [6.07, 6.45) is 0.927. The summed E-state index contributed by atoms with van der Waals surface area (Å²) in [6.45, 7) is 10.1. The van der Waals surface area contributed by atoms with Gasteiger partial charge >= 0.3 is 0 Å². The van der Waals surface area contributed by atoms with E-state index in [2.05, 4.69) is 29.8 Å². The number of carbonyl (C=O) groups is 1. The minimum absolute atomic E-state index is 0.0255. The van der Waals surface area contributed by atoms with Gasteiger partial charge in [-0.2, -0.15) is 0 Å². The first-order chi connectivity index (χ1) is 5.25. The van der Waals surface area contributed by atoms with Crippen LogP contribution in [0.5, 0.6) is 0 Å². The summed E-state index contributed by atoms with van der Waals surface area (Å²) >= 11 is 3.43. The molecule has 0 heterocycles. The maximum Gasteiger partial charge on any atom is 0.151 e. The summed E-state index contributed by atoms with van der Waals surface area (Å²) in [4.78, 5) is 11.7. The molecule has 0 aromatic rings. The summed E-state index contributed by atoms with van der Waals surface area (Å²) in [5.41, 5.74) is -0.219. The molecule has 0 aromatic carbocycles. The highest BCUT2D eigenvalue weighted by molar-refractivity contribution is 9.10. The fourth-order valence-corrected chi connectivity index (χ4v) is 2.43. The molecule has 0 aromatic heterocycles. The Morgan fingerprint density at radius 1 is 1.33 bits per heavy atom. The zero-order chi connectivity index (χ0) is 9.94. The predicted molar refractivity (Wildman–Crippen MR) is 56.6 cm³/mol. The van der Waals surface area contributed by atoms with Crippen LogP contribution >= 0.6 is 15.9 Å². The van der Waals surface area contributed by atoms with Gasteiger partial charge in [0.15, 0.2) is 5.78 Å². The standard InChI is InChI=1S/C10H19BrO/c1-7(2)6-8(11)9(12)10(3,4)5/h7-8H,6H2,1-5H3. The molecule has 0 bridgehead atoms. The van der Waals surface area contributed by atoms with Crippen molar-refractivity contribution in [1.29, 1.82) is 0 Å². The summed E-state index contributed by atoms with van der Waals surface area (Å²) < 4.78 is 0. The van der Waals surface area contributed by atoms with Crippen LogP contribution in [-0.2, 0) is 4.79 Å². The number of carbonyl (C=O) groups excluding carboxylic acids is 1. The number of hydrogen-bond donors (Lipinski definition) is 0. The van der Waals surface area contributed by atoms with Crippen molar-refractivity contribution in [3.8, 4) is 0 Å². The van der Waals surface area contributed by atoms with E-state index in [0.717, 1.165) is 6.42 Å². The lowest BCUT2D eigenvalue weighted by Gasteiger charge is -2.21. The van der Waals surface area contributed by atoms with Crippen LogP contribution in [0, 0.1) is 11.3 Å². The van der Waals surface area contributed by atoms with E-state index in [1.54, 1.807) is 0 Å². The third-order valence-corrected chi connectivity index (χ3v) is 2.49. The van der Waals surface area contributed by atoms with E-state index in [0.29, 0.717) is 11.7 Å². The van der Waals surface area contributed by atoms with Crippen LogP contribution in [0.25, 0.3) is 0 Å². The quantitative estimate of drug-likeness (QED) is 0.685. The lowest BCUT2D eigenvalue weighted by atomic mass is 9.87. The van der Waals surface area contributed by atoms with Crippen molar-refractivity contribution in [3.63, 3.8) is 0 Å². The van der Waals surface area contributed by atoms with E-state index in [4.69, 9.17) is 0 Å². The second-order valence-corrected chi connectivity index (χ2v) is 5.82. The molecule has 72 valence electrons. The van der Waals surface area contributed by atoms with Gasteiger partial charge in [-0.25, -0.2) is 0 Å². The van der Waals surface area contributed by atoms with Gasteiger partial charge in [-0.05, 0) is 12.3 Å². The fourth-order valence-electron chi connectivity index (χ4n) is 0.991. The maximum absolute atomic E-state index is 11.7. The third-order valence-electron chi connectivity index (χ3n) is 1.70.